The van der Waals surface area contributed by atoms with E-state index in [-0.39, 0.29) is 11.7 Å². The predicted octanol–water partition coefficient (Wildman–Crippen LogP) is 5.55. The molecule has 0 spiro atoms. The maximum atomic E-state index is 13.0. The summed E-state index contributed by atoms with van der Waals surface area (Å²) in [5, 5.41) is 3.65. The van der Waals surface area contributed by atoms with E-state index in [2.05, 4.69) is 28.2 Å². The quantitative estimate of drug-likeness (QED) is 0.747. The van der Waals surface area contributed by atoms with Crippen LogP contribution in [-0.2, 0) is 6.18 Å². The number of hydrogen-bond donors (Lipinski definition) is 1. The summed E-state index contributed by atoms with van der Waals surface area (Å²) >= 11 is 5.13. The highest BCUT2D eigenvalue weighted by Crippen LogP contribution is 2.38. The highest BCUT2D eigenvalue weighted by Gasteiger charge is 2.34. The second kappa shape index (κ2) is 6.60. The van der Waals surface area contributed by atoms with Gasteiger partial charge >= 0.3 is 6.18 Å². The van der Waals surface area contributed by atoms with E-state index in [9.17, 15) is 13.2 Å². The maximum Gasteiger partial charge on any atom is 0.418 e. The van der Waals surface area contributed by atoms with Gasteiger partial charge in [-0.05, 0) is 43.2 Å². The molecule has 0 heterocycles. The molecule has 0 saturated heterocycles. The van der Waals surface area contributed by atoms with Crippen molar-refractivity contribution in [1.82, 2.24) is 0 Å². The molecule has 1 nitrogen and oxygen atoms in total. The number of halogens is 4. The molecular formula is C14H17BrF3NS. The first kappa shape index (κ1) is 16.0. The molecule has 0 aliphatic heterocycles. The van der Waals surface area contributed by atoms with E-state index >= 15 is 0 Å². The zero-order chi connectivity index (χ0) is 14.8. The Morgan fingerprint density at radius 2 is 2.10 bits per heavy atom. The molecule has 1 aliphatic rings. The monoisotopic (exact) mass is 367 g/mol. The van der Waals surface area contributed by atoms with E-state index in [1.807, 2.05) is 11.8 Å². The second-order valence-electron chi connectivity index (χ2n) is 4.92. The average Bonchev–Trinajstić information content (AvgIpc) is 2.75. The molecule has 1 aliphatic carbocycles. The van der Waals surface area contributed by atoms with Gasteiger partial charge in [-0.1, -0.05) is 22.9 Å². The third-order valence-corrected chi connectivity index (χ3v) is 5.16. The predicted molar refractivity (Wildman–Crippen MR) is 82.3 cm³/mol. The topological polar surface area (TPSA) is 12.0 Å². The van der Waals surface area contributed by atoms with Crippen LogP contribution in [-0.4, -0.2) is 17.0 Å². The van der Waals surface area contributed by atoms with E-state index < -0.39 is 11.7 Å². The SMILES string of the molecule is CCSC1CCC(Nc2cc(Br)ccc2C(F)(F)F)C1. The third-order valence-electron chi connectivity index (χ3n) is 3.43. The summed E-state index contributed by atoms with van der Waals surface area (Å²) in [6, 6.07) is 4.20. The van der Waals surface area contributed by atoms with Gasteiger partial charge in [0.15, 0.2) is 0 Å². The molecule has 0 radical (unpaired) electrons. The Kier molecular flexibility index (Phi) is 5.29. The molecule has 20 heavy (non-hydrogen) atoms. The van der Waals surface area contributed by atoms with Crippen molar-refractivity contribution in [3.05, 3.63) is 28.2 Å². The van der Waals surface area contributed by atoms with Gasteiger partial charge in [-0.25, -0.2) is 0 Å². The molecular weight excluding hydrogens is 351 g/mol. The van der Waals surface area contributed by atoms with Crippen molar-refractivity contribution in [2.75, 3.05) is 11.1 Å². The van der Waals surface area contributed by atoms with Gasteiger partial charge in [-0.15, -0.1) is 0 Å². The van der Waals surface area contributed by atoms with Crippen LogP contribution in [0, 0.1) is 0 Å². The highest BCUT2D eigenvalue weighted by molar-refractivity contribution is 9.10. The Morgan fingerprint density at radius 1 is 1.35 bits per heavy atom. The zero-order valence-electron chi connectivity index (χ0n) is 11.1. The van der Waals surface area contributed by atoms with E-state index in [1.54, 1.807) is 0 Å². The largest absolute Gasteiger partial charge is 0.418 e. The molecule has 6 heteroatoms. The van der Waals surface area contributed by atoms with Crippen molar-refractivity contribution >= 4 is 33.4 Å². The number of thioether (sulfide) groups is 1. The molecule has 1 N–H and O–H groups in total. The lowest BCUT2D eigenvalue weighted by atomic mass is 10.1. The van der Waals surface area contributed by atoms with Crippen LogP contribution in [0.15, 0.2) is 22.7 Å². The lowest BCUT2D eigenvalue weighted by Gasteiger charge is -2.19. The summed E-state index contributed by atoms with van der Waals surface area (Å²) in [5.41, 5.74) is -0.411. The van der Waals surface area contributed by atoms with Gasteiger partial charge < -0.3 is 5.32 Å². The molecule has 1 fully saturated rings. The first-order chi connectivity index (χ1) is 9.40. The van der Waals surface area contributed by atoms with Crippen molar-refractivity contribution < 1.29 is 13.2 Å². The van der Waals surface area contributed by atoms with Gasteiger partial charge in [-0.2, -0.15) is 24.9 Å². The zero-order valence-corrected chi connectivity index (χ0v) is 13.5. The van der Waals surface area contributed by atoms with Crippen molar-refractivity contribution in [3.63, 3.8) is 0 Å². The molecule has 2 unspecified atom stereocenters. The summed E-state index contributed by atoms with van der Waals surface area (Å²) < 4.78 is 39.6. The standard InChI is InChI=1S/C14H17BrF3NS/c1-2-20-11-5-4-10(8-11)19-13-7-9(15)3-6-12(13)14(16,17)18/h3,6-7,10-11,19H,2,4-5,8H2,1H3. The van der Waals surface area contributed by atoms with Crippen LogP contribution in [0.1, 0.15) is 31.7 Å². The van der Waals surface area contributed by atoms with Crippen LogP contribution in [0.2, 0.25) is 0 Å². The molecule has 0 aromatic heterocycles. The second-order valence-corrected chi connectivity index (χ2v) is 7.41. The number of rotatable bonds is 4. The Hall–Kier alpha value is -0.360. The van der Waals surface area contributed by atoms with Crippen molar-refractivity contribution in [3.8, 4) is 0 Å². The molecule has 1 saturated carbocycles. The summed E-state index contributed by atoms with van der Waals surface area (Å²) in [5.74, 6) is 1.06. The molecule has 1 aromatic carbocycles. The lowest BCUT2D eigenvalue weighted by Crippen LogP contribution is -2.19. The molecule has 2 atom stereocenters. The first-order valence-corrected chi connectivity index (χ1v) is 8.49. The summed E-state index contributed by atoms with van der Waals surface area (Å²) in [6.45, 7) is 2.11. The van der Waals surface area contributed by atoms with Crippen molar-refractivity contribution in [2.24, 2.45) is 0 Å². The Morgan fingerprint density at radius 3 is 2.75 bits per heavy atom. The molecule has 0 amide bonds. The summed E-state index contributed by atoms with van der Waals surface area (Å²) in [6.07, 6.45) is -1.38. The van der Waals surface area contributed by atoms with E-state index in [0.29, 0.717) is 9.72 Å². The van der Waals surface area contributed by atoms with E-state index in [4.69, 9.17) is 0 Å². The van der Waals surface area contributed by atoms with Crippen LogP contribution in [0.3, 0.4) is 0 Å². The number of anilines is 1. The highest BCUT2D eigenvalue weighted by atomic mass is 79.9. The van der Waals surface area contributed by atoms with Gasteiger partial charge in [0.2, 0.25) is 0 Å². The fraction of sp³-hybridized carbons (Fsp3) is 0.571. The molecule has 2 rings (SSSR count). The smallest absolute Gasteiger partial charge is 0.382 e. The van der Waals surface area contributed by atoms with E-state index in [1.165, 1.54) is 12.1 Å². The maximum absolute atomic E-state index is 13.0. The lowest BCUT2D eigenvalue weighted by molar-refractivity contribution is -0.137. The van der Waals surface area contributed by atoms with Crippen LogP contribution in [0.25, 0.3) is 0 Å². The minimum absolute atomic E-state index is 0.134. The van der Waals surface area contributed by atoms with Crippen LogP contribution < -0.4 is 5.32 Å². The first-order valence-electron chi connectivity index (χ1n) is 6.65. The number of nitrogens with one attached hydrogen (secondary N) is 1. The fourth-order valence-electron chi connectivity index (χ4n) is 2.56. The molecule has 112 valence electrons. The normalized spacial score (nSPS) is 23.1. The molecule has 0 bridgehead atoms. The van der Waals surface area contributed by atoms with Crippen molar-refractivity contribution in [1.29, 1.82) is 0 Å². The van der Waals surface area contributed by atoms with Crippen molar-refractivity contribution in [2.45, 2.75) is 43.7 Å². The summed E-state index contributed by atoms with van der Waals surface area (Å²) in [7, 11) is 0. The minimum atomic E-state index is -4.32. The Labute approximate surface area is 129 Å². The number of alkyl halides is 3. The van der Waals surface area contributed by atoms with E-state index in [0.717, 1.165) is 31.1 Å². The van der Waals surface area contributed by atoms with Crippen LogP contribution in [0.4, 0.5) is 18.9 Å². The third kappa shape index (κ3) is 4.07. The van der Waals surface area contributed by atoms with Gasteiger partial charge in [0.05, 0.1) is 5.56 Å². The van der Waals surface area contributed by atoms with Gasteiger partial charge in [0, 0.05) is 21.5 Å². The Bertz CT molecular complexity index is 464. The minimum Gasteiger partial charge on any atom is -0.382 e. The molecule has 1 aromatic rings. The number of hydrogen-bond acceptors (Lipinski definition) is 2. The van der Waals surface area contributed by atoms with Gasteiger partial charge in [0.1, 0.15) is 0 Å². The number of benzene rings is 1. The fourth-order valence-corrected chi connectivity index (χ4v) is 4.06. The summed E-state index contributed by atoms with van der Waals surface area (Å²) in [4.78, 5) is 0. The van der Waals surface area contributed by atoms with Gasteiger partial charge in [0.25, 0.3) is 0 Å². The van der Waals surface area contributed by atoms with Crippen LogP contribution in [0.5, 0.6) is 0 Å². The average molecular weight is 368 g/mol. The Balaban J connectivity index is 2.11. The van der Waals surface area contributed by atoms with Crippen LogP contribution >= 0.6 is 27.7 Å². The van der Waals surface area contributed by atoms with Gasteiger partial charge in [-0.3, -0.25) is 0 Å².